The Bertz CT molecular complexity index is 1320. The maximum absolute atomic E-state index is 12.8. The number of carbonyl (C=O) groups excluding carboxylic acids is 1. The molecule has 1 amide bonds. The highest BCUT2D eigenvalue weighted by atomic mass is 16.5. The van der Waals surface area contributed by atoms with Gasteiger partial charge in [-0.15, -0.1) is 0 Å². The molecule has 6 heteroatoms. The number of hydrogen-bond acceptors (Lipinski definition) is 4. The third-order valence-corrected chi connectivity index (χ3v) is 6.50. The van der Waals surface area contributed by atoms with Gasteiger partial charge in [0.15, 0.2) is 0 Å². The Kier molecular flexibility index (Phi) is 6.32. The van der Waals surface area contributed by atoms with Crippen LogP contribution in [0.5, 0.6) is 5.75 Å². The van der Waals surface area contributed by atoms with Crippen LogP contribution in [0.2, 0.25) is 0 Å². The highest BCUT2D eigenvalue weighted by Gasteiger charge is 2.16. The van der Waals surface area contributed by atoms with Gasteiger partial charge in [0, 0.05) is 24.8 Å². The number of nitrogens with one attached hydrogen (secondary N) is 1. The molecule has 0 aliphatic carbocycles. The lowest BCUT2D eigenvalue weighted by Gasteiger charge is -2.16. The number of pyridine rings is 1. The SMILES string of the molecule is COc1cc(-c2ccc3cnc(-c4cccc(C)c4)n3c2)ccc1C(=O)NCCN1CCCC1. The molecule has 2 aromatic heterocycles. The zero-order valence-corrected chi connectivity index (χ0v) is 19.8. The zero-order chi connectivity index (χ0) is 23.5. The fourth-order valence-corrected chi connectivity index (χ4v) is 4.65. The number of nitrogens with zero attached hydrogens (tertiary/aromatic N) is 3. The van der Waals surface area contributed by atoms with E-state index in [1.807, 2.05) is 24.4 Å². The van der Waals surface area contributed by atoms with Crippen molar-refractivity contribution in [1.29, 1.82) is 0 Å². The van der Waals surface area contributed by atoms with E-state index >= 15 is 0 Å². The van der Waals surface area contributed by atoms with E-state index in [0.717, 1.165) is 47.7 Å². The molecule has 1 N–H and O–H groups in total. The molecule has 4 aromatic rings. The summed E-state index contributed by atoms with van der Waals surface area (Å²) < 4.78 is 7.70. The summed E-state index contributed by atoms with van der Waals surface area (Å²) in [5.41, 5.74) is 5.87. The van der Waals surface area contributed by atoms with Crippen LogP contribution >= 0.6 is 0 Å². The Morgan fingerprint density at radius 2 is 1.85 bits per heavy atom. The third-order valence-electron chi connectivity index (χ3n) is 6.50. The lowest BCUT2D eigenvalue weighted by molar-refractivity contribution is 0.0946. The number of imidazole rings is 1. The molecule has 1 aliphatic rings. The summed E-state index contributed by atoms with van der Waals surface area (Å²) in [6.07, 6.45) is 6.48. The number of benzene rings is 2. The second-order valence-corrected chi connectivity index (χ2v) is 8.88. The van der Waals surface area contributed by atoms with Crippen molar-refractivity contribution in [3.05, 3.63) is 78.1 Å². The van der Waals surface area contributed by atoms with Crippen molar-refractivity contribution in [1.82, 2.24) is 19.6 Å². The average Bonchev–Trinajstić information content (AvgIpc) is 3.53. The highest BCUT2D eigenvalue weighted by molar-refractivity contribution is 5.97. The molecule has 6 nitrogen and oxygen atoms in total. The summed E-state index contributed by atoms with van der Waals surface area (Å²) in [6, 6.07) is 18.2. The van der Waals surface area contributed by atoms with Crippen molar-refractivity contribution in [2.75, 3.05) is 33.3 Å². The molecule has 3 heterocycles. The number of methoxy groups -OCH3 is 1. The number of ether oxygens (including phenoxy) is 1. The molecule has 0 atom stereocenters. The van der Waals surface area contributed by atoms with Crippen LogP contribution in [-0.4, -0.2) is 53.5 Å². The summed E-state index contributed by atoms with van der Waals surface area (Å²) in [5.74, 6) is 1.37. The van der Waals surface area contributed by atoms with Crippen LogP contribution in [0.1, 0.15) is 28.8 Å². The highest BCUT2D eigenvalue weighted by Crippen LogP contribution is 2.29. The first-order chi connectivity index (χ1) is 16.6. The Labute approximate surface area is 200 Å². The van der Waals surface area contributed by atoms with Crippen molar-refractivity contribution >= 4 is 11.4 Å². The zero-order valence-electron chi connectivity index (χ0n) is 19.8. The van der Waals surface area contributed by atoms with E-state index in [9.17, 15) is 4.79 Å². The van der Waals surface area contributed by atoms with E-state index in [1.54, 1.807) is 7.11 Å². The molecule has 5 rings (SSSR count). The van der Waals surface area contributed by atoms with E-state index in [2.05, 4.69) is 69.1 Å². The van der Waals surface area contributed by atoms with E-state index in [1.165, 1.54) is 18.4 Å². The summed E-state index contributed by atoms with van der Waals surface area (Å²) in [6.45, 7) is 5.87. The third kappa shape index (κ3) is 4.54. The number of likely N-dealkylation sites (tertiary alicyclic amines) is 1. The van der Waals surface area contributed by atoms with Crippen LogP contribution in [0.15, 0.2) is 67.0 Å². The van der Waals surface area contributed by atoms with E-state index in [-0.39, 0.29) is 5.91 Å². The number of hydrogen-bond donors (Lipinski definition) is 1. The van der Waals surface area contributed by atoms with Crippen LogP contribution in [0, 0.1) is 6.92 Å². The van der Waals surface area contributed by atoms with Crippen LogP contribution in [0.4, 0.5) is 0 Å². The topological polar surface area (TPSA) is 58.9 Å². The molecule has 174 valence electrons. The number of fused-ring (bicyclic) bond motifs is 1. The first-order valence-corrected chi connectivity index (χ1v) is 11.9. The van der Waals surface area contributed by atoms with Crippen LogP contribution < -0.4 is 10.1 Å². The van der Waals surface area contributed by atoms with Gasteiger partial charge in [-0.05, 0) is 68.2 Å². The first kappa shape index (κ1) is 22.2. The quantitative estimate of drug-likeness (QED) is 0.435. The van der Waals surface area contributed by atoms with Gasteiger partial charge in [0.2, 0.25) is 0 Å². The van der Waals surface area contributed by atoms with Crippen molar-refractivity contribution in [2.45, 2.75) is 19.8 Å². The number of carbonyl (C=O) groups is 1. The van der Waals surface area contributed by atoms with Gasteiger partial charge in [0.25, 0.3) is 5.91 Å². The molecule has 34 heavy (non-hydrogen) atoms. The minimum Gasteiger partial charge on any atom is -0.496 e. The van der Waals surface area contributed by atoms with Gasteiger partial charge >= 0.3 is 0 Å². The standard InChI is InChI=1S/C28H30N4O2/c1-20-6-5-7-22(16-20)27-30-18-24-10-8-23(19-32(24)27)21-9-11-25(26(17-21)34-2)28(33)29-12-15-31-13-3-4-14-31/h5-11,16-19H,3-4,12-15H2,1-2H3,(H,29,33). The van der Waals surface area contributed by atoms with Crippen LogP contribution in [0.25, 0.3) is 28.0 Å². The van der Waals surface area contributed by atoms with Gasteiger partial charge in [0.05, 0.1) is 24.4 Å². The summed E-state index contributed by atoms with van der Waals surface area (Å²) >= 11 is 0. The molecule has 0 spiro atoms. The molecular weight excluding hydrogens is 424 g/mol. The van der Waals surface area contributed by atoms with E-state index < -0.39 is 0 Å². The number of rotatable bonds is 7. The molecule has 0 bridgehead atoms. The summed E-state index contributed by atoms with van der Waals surface area (Å²) in [5, 5.41) is 3.04. The minimum absolute atomic E-state index is 0.102. The normalized spacial score (nSPS) is 13.9. The Balaban J connectivity index is 1.39. The van der Waals surface area contributed by atoms with Gasteiger partial charge in [-0.1, -0.05) is 35.9 Å². The van der Waals surface area contributed by atoms with E-state index in [0.29, 0.717) is 17.9 Å². The van der Waals surface area contributed by atoms with Gasteiger partial charge in [-0.3, -0.25) is 9.20 Å². The summed E-state index contributed by atoms with van der Waals surface area (Å²) in [7, 11) is 1.61. The Morgan fingerprint density at radius 3 is 2.65 bits per heavy atom. The van der Waals surface area contributed by atoms with Gasteiger partial charge in [-0.25, -0.2) is 4.98 Å². The predicted molar refractivity (Wildman–Crippen MR) is 135 cm³/mol. The Morgan fingerprint density at radius 1 is 1.03 bits per heavy atom. The smallest absolute Gasteiger partial charge is 0.255 e. The molecule has 1 aliphatic heterocycles. The minimum atomic E-state index is -0.102. The van der Waals surface area contributed by atoms with Gasteiger partial charge < -0.3 is 15.0 Å². The van der Waals surface area contributed by atoms with Crippen molar-refractivity contribution in [3.63, 3.8) is 0 Å². The largest absolute Gasteiger partial charge is 0.496 e. The van der Waals surface area contributed by atoms with Gasteiger partial charge in [0.1, 0.15) is 11.6 Å². The van der Waals surface area contributed by atoms with Crippen LogP contribution in [0.3, 0.4) is 0 Å². The second-order valence-electron chi connectivity index (χ2n) is 8.88. The van der Waals surface area contributed by atoms with Crippen LogP contribution in [-0.2, 0) is 0 Å². The molecule has 0 unspecified atom stereocenters. The van der Waals surface area contributed by atoms with Crippen molar-refractivity contribution in [3.8, 4) is 28.3 Å². The molecule has 2 aromatic carbocycles. The molecule has 1 saturated heterocycles. The number of aromatic nitrogens is 2. The lowest BCUT2D eigenvalue weighted by Crippen LogP contribution is -2.33. The van der Waals surface area contributed by atoms with E-state index in [4.69, 9.17) is 4.74 Å². The molecule has 0 saturated carbocycles. The maximum atomic E-state index is 12.8. The predicted octanol–water partition coefficient (Wildman–Crippen LogP) is 4.81. The maximum Gasteiger partial charge on any atom is 0.255 e. The fourth-order valence-electron chi connectivity index (χ4n) is 4.65. The molecule has 1 fully saturated rings. The monoisotopic (exact) mass is 454 g/mol. The summed E-state index contributed by atoms with van der Waals surface area (Å²) in [4.78, 5) is 19.8. The fraction of sp³-hybridized carbons (Fsp3) is 0.286. The number of amides is 1. The number of aryl methyl sites for hydroxylation is 1. The van der Waals surface area contributed by atoms with Crippen molar-refractivity contribution < 1.29 is 9.53 Å². The molecule has 0 radical (unpaired) electrons. The second kappa shape index (κ2) is 9.69. The average molecular weight is 455 g/mol. The van der Waals surface area contributed by atoms with Gasteiger partial charge in [-0.2, -0.15) is 0 Å². The Hall–Kier alpha value is -3.64. The molecular formula is C28H30N4O2. The first-order valence-electron chi connectivity index (χ1n) is 11.9. The van der Waals surface area contributed by atoms with Crippen molar-refractivity contribution in [2.24, 2.45) is 0 Å². The lowest BCUT2D eigenvalue weighted by atomic mass is 10.0.